The number of pyridine rings is 1. The smallest absolute Gasteiger partial charge is 0.297 e. The molecule has 27 heavy (non-hydrogen) atoms. The second-order valence-corrected chi connectivity index (χ2v) is 6.15. The number of anilines is 1. The number of hydrogen-bond acceptors (Lipinski definition) is 5. The number of rotatable bonds is 4. The Labute approximate surface area is 152 Å². The molecule has 0 spiro atoms. The molecule has 2 heterocycles. The molecule has 11 heteroatoms. The average Bonchev–Trinajstić information content (AvgIpc) is 3.07. The van der Waals surface area contributed by atoms with Crippen molar-refractivity contribution < 1.29 is 26.7 Å². The third-order valence-corrected chi connectivity index (χ3v) is 4.34. The molecule has 2 N–H and O–H groups in total. The summed E-state index contributed by atoms with van der Waals surface area (Å²) in [6, 6.07) is 6.93. The number of benzene rings is 1. The summed E-state index contributed by atoms with van der Waals surface area (Å²) in [6.45, 7) is 0. The van der Waals surface area contributed by atoms with Crippen molar-refractivity contribution in [1.82, 2.24) is 15.4 Å². The van der Waals surface area contributed by atoms with Gasteiger partial charge in [0, 0.05) is 5.56 Å². The first-order valence-corrected chi connectivity index (χ1v) is 8.07. The quantitative estimate of drug-likeness (QED) is 0.390. The molecule has 1 aromatic carbocycles. The standard InChI is InChI=1S/C16H9F5N4OS/c17-9-3-1-8(2-4-9)15-23-13(16(19,20)21)12(27-15)14(26)25-24-10-5-6-11(18)22-7-10/h1-7,24H,(H,25,26). The van der Waals surface area contributed by atoms with Crippen molar-refractivity contribution in [2.45, 2.75) is 6.18 Å². The predicted molar refractivity (Wildman–Crippen MR) is 87.8 cm³/mol. The number of nitrogens with zero attached hydrogens (tertiary/aromatic N) is 2. The van der Waals surface area contributed by atoms with E-state index in [0.29, 0.717) is 11.3 Å². The maximum absolute atomic E-state index is 13.2. The summed E-state index contributed by atoms with van der Waals surface area (Å²) in [6.07, 6.45) is -3.81. The zero-order valence-corrected chi connectivity index (χ0v) is 14.0. The molecule has 0 aliphatic rings. The number of hydrazine groups is 1. The van der Waals surface area contributed by atoms with E-state index in [2.05, 4.69) is 20.8 Å². The van der Waals surface area contributed by atoms with Crippen LogP contribution in [0.3, 0.4) is 0 Å². The van der Waals surface area contributed by atoms with E-state index in [1.165, 1.54) is 18.2 Å². The van der Waals surface area contributed by atoms with Crippen LogP contribution in [-0.2, 0) is 6.18 Å². The molecule has 3 rings (SSSR count). The molecule has 2 aromatic heterocycles. The normalized spacial score (nSPS) is 11.3. The molecule has 0 saturated heterocycles. The zero-order valence-electron chi connectivity index (χ0n) is 13.1. The molecule has 0 aliphatic carbocycles. The number of carbonyl (C=O) groups is 1. The van der Waals surface area contributed by atoms with Crippen LogP contribution in [0.5, 0.6) is 0 Å². The molecule has 0 atom stereocenters. The zero-order chi connectivity index (χ0) is 19.6. The Kier molecular flexibility index (Phi) is 5.04. The molecule has 0 fully saturated rings. The van der Waals surface area contributed by atoms with Crippen LogP contribution in [0.4, 0.5) is 27.6 Å². The van der Waals surface area contributed by atoms with E-state index in [0.717, 1.165) is 24.4 Å². The first-order chi connectivity index (χ1) is 12.7. The highest BCUT2D eigenvalue weighted by Gasteiger charge is 2.39. The van der Waals surface area contributed by atoms with E-state index >= 15 is 0 Å². The topological polar surface area (TPSA) is 66.9 Å². The van der Waals surface area contributed by atoms with Gasteiger partial charge in [0.2, 0.25) is 5.95 Å². The van der Waals surface area contributed by atoms with Crippen molar-refractivity contribution in [3.63, 3.8) is 0 Å². The summed E-state index contributed by atoms with van der Waals surface area (Å²) < 4.78 is 65.5. The summed E-state index contributed by atoms with van der Waals surface area (Å²) in [4.78, 5) is 18.3. The van der Waals surface area contributed by atoms with Gasteiger partial charge in [-0.25, -0.2) is 14.4 Å². The van der Waals surface area contributed by atoms with Gasteiger partial charge in [0.15, 0.2) is 5.69 Å². The number of carbonyl (C=O) groups excluding carboxylic acids is 1. The second kappa shape index (κ2) is 7.27. The number of thiazole rings is 1. The summed E-state index contributed by atoms with van der Waals surface area (Å²) >= 11 is 0.510. The van der Waals surface area contributed by atoms with Crippen LogP contribution in [0, 0.1) is 11.8 Å². The SMILES string of the molecule is O=C(NNc1ccc(F)nc1)c1sc(-c2ccc(F)cc2)nc1C(F)(F)F. The Bertz CT molecular complexity index is 954. The number of nitrogens with one attached hydrogen (secondary N) is 2. The van der Waals surface area contributed by atoms with E-state index < -0.39 is 34.4 Å². The third kappa shape index (κ3) is 4.37. The largest absolute Gasteiger partial charge is 0.435 e. The van der Waals surface area contributed by atoms with Gasteiger partial charge < -0.3 is 0 Å². The molecule has 0 aliphatic heterocycles. The highest BCUT2D eigenvalue weighted by Crippen LogP contribution is 2.37. The summed E-state index contributed by atoms with van der Waals surface area (Å²) in [7, 11) is 0. The van der Waals surface area contributed by atoms with E-state index in [9.17, 15) is 26.7 Å². The average molecular weight is 400 g/mol. The molecule has 1 amide bonds. The Morgan fingerprint density at radius 1 is 1.04 bits per heavy atom. The van der Waals surface area contributed by atoms with Crippen LogP contribution in [0.2, 0.25) is 0 Å². The fourth-order valence-corrected chi connectivity index (χ4v) is 3.00. The van der Waals surface area contributed by atoms with Crippen LogP contribution in [0.25, 0.3) is 10.6 Å². The Morgan fingerprint density at radius 2 is 1.74 bits per heavy atom. The van der Waals surface area contributed by atoms with Gasteiger partial charge in [0.25, 0.3) is 5.91 Å². The maximum Gasteiger partial charge on any atom is 0.435 e. The number of alkyl halides is 3. The van der Waals surface area contributed by atoms with Crippen molar-refractivity contribution in [3.05, 3.63) is 64.9 Å². The third-order valence-electron chi connectivity index (χ3n) is 3.24. The summed E-state index contributed by atoms with van der Waals surface area (Å²) in [5.41, 5.74) is 3.47. The summed E-state index contributed by atoms with van der Waals surface area (Å²) in [5, 5.41) is -0.0871. The molecular formula is C16H9F5N4OS. The number of amides is 1. The van der Waals surface area contributed by atoms with E-state index in [1.807, 2.05) is 0 Å². The molecule has 0 saturated carbocycles. The number of hydrogen-bond donors (Lipinski definition) is 2. The minimum Gasteiger partial charge on any atom is -0.297 e. The van der Waals surface area contributed by atoms with Crippen molar-refractivity contribution in [2.75, 3.05) is 5.43 Å². The van der Waals surface area contributed by atoms with Crippen LogP contribution in [0.1, 0.15) is 15.4 Å². The molecular weight excluding hydrogens is 391 g/mol. The lowest BCUT2D eigenvalue weighted by atomic mass is 10.2. The molecule has 5 nitrogen and oxygen atoms in total. The number of aromatic nitrogens is 2. The van der Waals surface area contributed by atoms with Crippen molar-refractivity contribution in [3.8, 4) is 10.6 Å². The van der Waals surface area contributed by atoms with Gasteiger partial charge in [-0.1, -0.05) is 0 Å². The monoisotopic (exact) mass is 400 g/mol. The van der Waals surface area contributed by atoms with Gasteiger partial charge in [-0.05, 0) is 36.4 Å². The molecule has 3 aromatic rings. The Morgan fingerprint density at radius 3 is 2.33 bits per heavy atom. The van der Waals surface area contributed by atoms with Crippen molar-refractivity contribution >= 4 is 22.9 Å². The minimum atomic E-state index is -4.86. The fourth-order valence-electron chi connectivity index (χ4n) is 2.02. The lowest BCUT2D eigenvalue weighted by Crippen LogP contribution is -2.30. The van der Waals surface area contributed by atoms with E-state index in [1.54, 1.807) is 0 Å². The Hall–Kier alpha value is -3.08. The highest BCUT2D eigenvalue weighted by molar-refractivity contribution is 7.17. The highest BCUT2D eigenvalue weighted by atomic mass is 32.1. The van der Waals surface area contributed by atoms with Gasteiger partial charge in [-0.2, -0.15) is 17.6 Å². The van der Waals surface area contributed by atoms with E-state index in [-0.39, 0.29) is 16.3 Å². The number of halogens is 5. The fraction of sp³-hybridized carbons (Fsp3) is 0.0625. The molecule has 0 unspecified atom stereocenters. The van der Waals surface area contributed by atoms with E-state index in [4.69, 9.17) is 0 Å². The van der Waals surface area contributed by atoms with Gasteiger partial charge in [-0.3, -0.25) is 15.6 Å². The van der Waals surface area contributed by atoms with Crippen LogP contribution < -0.4 is 10.9 Å². The van der Waals surface area contributed by atoms with Crippen LogP contribution in [0.15, 0.2) is 42.6 Å². The predicted octanol–water partition coefficient (Wildman–Crippen LogP) is 4.26. The van der Waals surface area contributed by atoms with Crippen molar-refractivity contribution in [2.24, 2.45) is 0 Å². The lowest BCUT2D eigenvalue weighted by molar-refractivity contribution is -0.141. The maximum atomic E-state index is 13.2. The first-order valence-electron chi connectivity index (χ1n) is 7.26. The van der Waals surface area contributed by atoms with Gasteiger partial charge in [0.1, 0.15) is 15.7 Å². The van der Waals surface area contributed by atoms with Crippen molar-refractivity contribution in [1.29, 1.82) is 0 Å². The first kappa shape index (κ1) is 18.7. The molecule has 0 radical (unpaired) electrons. The minimum absolute atomic E-state index is 0.0871. The second-order valence-electron chi connectivity index (χ2n) is 5.15. The molecule has 0 bridgehead atoms. The van der Waals surface area contributed by atoms with Gasteiger partial charge >= 0.3 is 6.18 Å². The van der Waals surface area contributed by atoms with Crippen LogP contribution >= 0.6 is 11.3 Å². The Balaban J connectivity index is 1.87. The van der Waals surface area contributed by atoms with Gasteiger partial charge in [-0.15, -0.1) is 11.3 Å². The summed E-state index contributed by atoms with van der Waals surface area (Å²) in [5.74, 6) is -2.39. The molecule has 140 valence electrons. The van der Waals surface area contributed by atoms with Gasteiger partial charge in [0.05, 0.1) is 11.9 Å². The lowest BCUT2D eigenvalue weighted by Gasteiger charge is -2.09. The van der Waals surface area contributed by atoms with Crippen LogP contribution in [-0.4, -0.2) is 15.9 Å².